The minimum Gasteiger partial charge on any atom is -0.454 e. The van der Waals surface area contributed by atoms with E-state index >= 15 is 0 Å². The van der Waals surface area contributed by atoms with E-state index in [4.69, 9.17) is 14.5 Å². The standard InChI is InChI=1S/C27H22N4O3/c1-30-23-7-3-2-6-22(23)29-26(30)16-31(15-18-8-11-24-25(13-18)34-17-33-24)27(32)20-9-10-21-19(14-20)5-4-12-28-21/h2-14H,15-17H2,1H3. The molecule has 1 amide bonds. The number of hydrogen-bond acceptors (Lipinski definition) is 5. The van der Waals surface area contributed by atoms with Crippen LogP contribution in [0, 0.1) is 0 Å². The van der Waals surface area contributed by atoms with Crippen molar-refractivity contribution in [2.24, 2.45) is 7.05 Å². The molecule has 5 aromatic rings. The van der Waals surface area contributed by atoms with Crippen molar-refractivity contribution >= 4 is 27.8 Å². The predicted molar refractivity (Wildman–Crippen MR) is 129 cm³/mol. The van der Waals surface area contributed by atoms with E-state index in [0.717, 1.165) is 39.1 Å². The Morgan fingerprint density at radius 1 is 0.941 bits per heavy atom. The van der Waals surface area contributed by atoms with E-state index in [2.05, 4.69) is 4.98 Å². The summed E-state index contributed by atoms with van der Waals surface area (Å²) < 4.78 is 13.0. The van der Waals surface area contributed by atoms with E-state index in [-0.39, 0.29) is 12.7 Å². The largest absolute Gasteiger partial charge is 0.454 e. The topological polar surface area (TPSA) is 69.5 Å². The molecule has 0 saturated carbocycles. The van der Waals surface area contributed by atoms with E-state index in [1.807, 2.05) is 89.3 Å². The molecule has 1 aliphatic rings. The average Bonchev–Trinajstić information content (AvgIpc) is 3.47. The van der Waals surface area contributed by atoms with Crippen molar-refractivity contribution < 1.29 is 14.3 Å². The van der Waals surface area contributed by atoms with Gasteiger partial charge in [-0.2, -0.15) is 0 Å². The van der Waals surface area contributed by atoms with Crippen molar-refractivity contribution in [1.29, 1.82) is 0 Å². The first-order valence-electron chi connectivity index (χ1n) is 11.1. The smallest absolute Gasteiger partial charge is 0.254 e. The summed E-state index contributed by atoms with van der Waals surface area (Å²) in [7, 11) is 1.98. The first-order valence-corrected chi connectivity index (χ1v) is 11.1. The fourth-order valence-electron chi connectivity index (χ4n) is 4.36. The van der Waals surface area contributed by atoms with Gasteiger partial charge in [0.25, 0.3) is 5.91 Å². The van der Waals surface area contributed by atoms with E-state index in [1.54, 1.807) is 6.20 Å². The monoisotopic (exact) mass is 450 g/mol. The number of aromatic nitrogens is 3. The van der Waals surface area contributed by atoms with Crippen LogP contribution in [0.1, 0.15) is 21.7 Å². The lowest BCUT2D eigenvalue weighted by Crippen LogP contribution is -2.31. The van der Waals surface area contributed by atoms with Crippen molar-refractivity contribution in [2.75, 3.05) is 6.79 Å². The summed E-state index contributed by atoms with van der Waals surface area (Å²) in [6.07, 6.45) is 1.75. The first kappa shape index (κ1) is 20.2. The number of fused-ring (bicyclic) bond motifs is 3. The van der Waals surface area contributed by atoms with Gasteiger partial charge in [-0.25, -0.2) is 4.98 Å². The second kappa shape index (κ2) is 8.19. The van der Waals surface area contributed by atoms with Crippen LogP contribution in [0.3, 0.4) is 0 Å². The van der Waals surface area contributed by atoms with Gasteiger partial charge in [-0.05, 0) is 54.1 Å². The average molecular weight is 450 g/mol. The lowest BCUT2D eigenvalue weighted by atomic mass is 10.1. The molecular weight excluding hydrogens is 428 g/mol. The fraction of sp³-hybridized carbons (Fsp3) is 0.148. The number of carbonyl (C=O) groups excluding carboxylic acids is 1. The van der Waals surface area contributed by atoms with Gasteiger partial charge in [-0.15, -0.1) is 0 Å². The van der Waals surface area contributed by atoms with Gasteiger partial charge >= 0.3 is 0 Å². The number of ether oxygens (including phenoxy) is 2. The van der Waals surface area contributed by atoms with Gasteiger partial charge < -0.3 is 18.9 Å². The molecule has 1 aliphatic heterocycles. The van der Waals surface area contributed by atoms with E-state index in [9.17, 15) is 4.79 Å². The highest BCUT2D eigenvalue weighted by Gasteiger charge is 2.22. The van der Waals surface area contributed by atoms with Crippen molar-refractivity contribution in [2.45, 2.75) is 13.1 Å². The van der Waals surface area contributed by atoms with Crippen LogP contribution in [0.15, 0.2) is 79.0 Å². The second-order valence-corrected chi connectivity index (χ2v) is 8.34. The molecule has 6 rings (SSSR count). The van der Waals surface area contributed by atoms with Gasteiger partial charge in [0.1, 0.15) is 5.82 Å². The highest BCUT2D eigenvalue weighted by atomic mass is 16.7. The number of imidazole rings is 1. The van der Waals surface area contributed by atoms with E-state index in [1.165, 1.54) is 0 Å². The lowest BCUT2D eigenvalue weighted by molar-refractivity contribution is 0.0724. The number of nitrogens with zero attached hydrogens (tertiary/aromatic N) is 4. The lowest BCUT2D eigenvalue weighted by Gasteiger charge is -2.23. The quantitative estimate of drug-likeness (QED) is 0.388. The zero-order valence-electron chi connectivity index (χ0n) is 18.6. The maximum Gasteiger partial charge on any atom is 0.254 e. The van der Waals surface area contributed by atoms with Crippen molar-refractivity contribution in [3.8, 4) is 11.5 Å². The van der Waals surface area contributed by atoms with Crippen LogP contribution in [0.25, 0.3) is 21.9 Å². The number of hydrogen-bond donors (Lipinski definition) is 0. The molecule has 0 bridgehead atoms. The summed E-state index contributed by atoms with van der Waals surface area (Å²) in [6, 6.07) is 23.2. The molecule has 0 atom stereocenters. The molecular formula is C27H22N4O3. The summed E-state index contributed by atoms with van der Waals surface area (Å²) in [5.74, 6) is 2.16. The molecule has 0 aliphatic carbocycles. The highest BCUT2D eigenvalue weighted by molar-refractivity contribution is 5.98. The second-order valence-electron chi connectivity index (χ2n) is 8.34. The first-order chi connectivity index (χ1) is 16.7. The molecule has 7 heteroatoms. The van der Waals surface area contributed by atoms with Crippen LogP contribution in [-0.4, -0.2) is 32.1 Å². The Morgan fingerprint density at radius 3 is 2.74 bits per heavy atom. The molecule has 0 radical (unpaired) electrons. The Morgan fingerprint density at radius 2 is 1.82 bits per heavy atom. The molecule has 168 valence electrons. The maximum absolute atomic E-state index is 13.8. The summed E-state index contributed by atoms with van der Waals surface area (Å²) in [6.45, 7) is 0.986. The Hall–Kier alpha value is -4.39. The summed E-state index contributed by atoms with van der Waals surface area (Å²) in [5, 5.41) is 0.930. The van der Waals surface area contributed by atoms with Gasteiger partial charge in [0.2, 0.25) is 6.79 Å². The zero-order valence-corrected chi connectivity index (χ0v) is 18.6. The van der Waals surface area contributed by atoms with E-state index < -0.39 is 0 Å². The minimum atomic E-state index is -0.0736. The minimum absolute atomic E-state index is 0.0736. The third-order valence-electron chi connectivity index (χ3n) is 6.16. The molecule has 0 unspecified atom stereocenters. The Bertz CT molecular complexity index is 1540. The number of para-hydroxylation sites is 2. The van der Waals surface area contributed by atoms with Crippen molar-refractivity contribution in [3.05, 3.63) is 95.9 Å². The van der Waals surface area contributed by atoms with Gasteiger partial charge in [-0.1, -0.05) is 24.3 Å². The molecule has 0 saturated heterocycles. The SMILES string of the molecule is Cn1c(CN(Cc2ccc3c(c2)OCO3)C(=O)c2ccc3ncccc3c2)nc2ccccc21. The maximum atomic E-state index is 13.8. The number of rotatable bonds is 5. The van der Waals surface area contributed by atoms with Crippen LogP contribution < -0.4 is 9.47 Å². The third kappa shape index (κ3) is 3.61. The number of pyridine rings is 1. The van der Waals surface area contributed by atoms with Crippen LogP contribution in [-0.2, 0) is 20.1 Å². The van der Waals surface area contributed by atoms with Crippen molar-refractivity contribution in [3.63, 3.8) is 0 Å². The van der Waals surface area contributed by atoms with Gasteiger partial charge in [0, 0.05) is 30.7 Å². The number of carbonyl (C=O) groups is 1. The molecule has 3 aromatic carbocycles. The fourth-order valence-corrected chi connectivity index (χ4v) is 4.36. The van der Waals surface area contributed by atoms with Crippen LogP contribution >= 0.6 is 0 Å². The predicted octanol–water partition coefficient (Wildman–Crippen LogP) is 4.69. The number of amides is 1. The van der Waals surface area contributed by atoms with Gasteiger partial charge in [-0.3, -0.25) is 9.78 Å². The van der Waals surface area contributed by atoms with Gasteiger partial charge in [0.15, 0.2) is 11.5 Å². The van der Waals surface area contributed by atoms with Crippen LogP contribution in [0.5, 0.6) is 11.5 Å². The van der Waals surface area contributed by atoms with Crippen molar-refractivity contribution in [1.82, 2.24) is 19.4 Å². The Balaban J connectivity index is 1.37. The normalized spacial score (nSPS) is 12.4. The van der Waals surface area contributed by atoms with Crippen LogP contribution in [0.4, 0.5) is 0 Å². The molecule has 34 heavy (non-hydrogen) atoms. The third-order valence-corrected chi connectivity index (χ3v) is 6.16. The Kier molecular flexibility index (Phi) is 4.87. The molecule has 7 nitrogen and oxygen atoms in total. The molecule has 0 fully saturated rings. The summed E-state index contributed by atoms with van der Waals surface area (Å²) >= 11 is 0. The van der Waals surface area contributed by atoms with Gasteiger partial charge in [0.05, 0.1) is 23.1 Å². The number of benzene rings is 3. The molecule has 0 spiro atoms. The molecule has 3 heterocycles. The summed E-state index contributed by atoms with van der Waals surface area (Å²) in [5.41, 5.74) is 4.37. The number of aryl methyl sites for hydroxylation is 1. The molecule has 2 aromatic heterocycles. The highest BCUT2D eigenvalue weighted by Crippen LogP contribution is 2.33. The Labute approximate surface area is 196 Å². The van der Waals surface area contributed by atoms with E-state index in [0.29, 0.717) is 24.4 Å². The molecule has 0 N–H and O–H groups in total. The summed E-state index contributed by atoms with van der Waals surface area (Å²) in [4.78, 5) is 24.7. The van der Waals surface area contributed by atoms with Crippen LogP contribution in [0.2, 0.25) is 0 Å². The zero-order chi connectivity index (χ0) is 23.1.